The molecule has 0 spiro atoms. The molecule has 7 atom stereocenters. The van der Waals surface area contributed by atoms with Gasteiger partial charge in [-0.15, -0.1) is 11.8 Å². The normalized spacial score (nSPS) is 29.5. The minimum atomic E-state index is -0.310. The first-order valence-corrected chi connectivity index (χ1v) is 16.1. The highest BCUT2D eigenvalue weighted by Crippen LogP contribution is 2.69. The highest BCUT2D eigenvalue weighted by Gasteiger charge is 2.69. The molecule has 3 aromatic carbocycles. The maximum Gasteiger partial charge on any atom is 0.308 e. The van der Waals surface area contributed by atoms with Gasteiger partial charge < -0.3 is 0 Å². The molecular weight excluding hydrogens is 572 g/mol. The molecule has 4 aliphatic rings. The van der Waals surface area contributed by atoms with Crippen molar-refractivity contribution in [3.8, 4) is 0 Å². The van der Waals surface area contributed by atoms with E-state index in [1.807, 2.05) is 78.2 Å². The quantitative estimate of drug-likeness (QED) is 0.248. The molecule has 8 heteroatoms. The Morgan fingerprint density at radius 3 is 2.24 bits per heavy atom. The van der Waals surface area contributed by atoms with Crippen LogP contribution in [-0.2, 0) is 16.1 Å². The van der Waals surface area contributed by atoms with Gasteiger partial charge in [0.05, 0.1) is 29.1 Å². The summed E-state index contributed by atoms with van der Waals surface area (Å²) in [6.07, 6.45) is 0.874. The second kappa shape index (κ2) is 9.45. The SMILES string of the molecule is Cc1ccc(N2C(=O)[C@@H]3[C@H]4C[C@H]([C@H]5Sc6c(sc(=O)n6Cc6ccccc6)[C@@H](c6ccc(Cl)cc6)[C@H]45)[C@@H]3C2=O)cc1. The van der Waals surface area contributed by atoms with Crippen LogP contribution in [0.25, 0.3) is 0 Å². The number of hydrogen-bond donors (Lipinski definition) is 0. The smallest absolute Gasteiger partial charge is 0.289 e. The van der Waals surface area contributed by atoms with Gasteiger partial charge in [-0.2, -0.15) is 0 Å². The Labute approximate surface area is 251 Å². The molecule has 4 aromatic rings. The van der Waals surface area contributed by atoms with Crippen molar-refractivity contribution < 1.29 is 9.59 Å². The van der Waals surface area contributed by atoms with E-state index in [2.05, 4.69) is 12.1 Å². The maximum absolute atomic E-state index is 14.0. The minimum Gasteiger partial charge on any atom is -0.289 e. The van der Waals surface area contributed by atoms with E-state index >= 15 is 0 Å². The van der Waals surface area contributed by atoms with Crippen LogP contribution in [0.2, 0.25) is 5.02 Å². The summed E-state index contributed by atoms with van der Waals surface area (Å²) >= 11 is 9.41. The average Bonchev–Trinajstić information content (AvgIpc) is 3.69. The van der Waals surface area contributed by atoms with Crippen molar-refractivity contribution in [3.05, 3.63) is 115 Å². The first-order chi connectivity index (χ1) is 19.9. The molecule has 0 radical (unpaired) electrons. The molecule has 41 heavy (non-hydrogen) atoms. The topological polar surface area (TPSA) is 59.4 Å². The van der Waals surface area contributed by atoms with Crippen molar-refractivity contribution in [2.75, 3.05) is 4.90 Å². The number of hydrogen-bond acceptors (Lipinski definition) is 5. The van der Waals surface area contributed by atoms with Crippen LogP contribution in [-0.4, -0.2) is 21.6 Å². The number of amides is 2. The van der Waals surface area contributed by atoms with Gasteiger partial charge in [-0.05, 0) is 66.5 Å². The van der Waals surface area contributed by atoms with Gasteiger partial charge in [0.1, 0.15) is 0 Å². The third-order valence-corrected chi connectivity index (χ3v) is 12.7. The summed E-state index contributed by atoms with van der Waals surface area (Å²) in [7, 11) is 0. The Balaban J connectivity index is 1.23. The molecule has 0 N–H and O–H groups in total. The number of rotatable bonds is 4. The van der Waals surface area contributed by atoms with Gasteiger partial charge in [-0.3, -0.25) is 23.9 Å². The lowest BCUT2D eigenvalue weighted by Crippen LogP contribution is -2.43. The molecule has 1 saturated heterocycles. The Bertz CT molecular complexity index is 1750. The van der Waals surface area contributed by atoms with Gasteiger partial charge in [-0.1, -0.05) is 83.1 Å². The number of nitrogens with zero attached hydrogens (tertiary/aromatic N) is 2. The number of imide groups is 1. The summed E-state index contributed by atoms with van der Waals surface area (Å²) in [5.74, 6) is -0.407. The molecule has 8 rings (SSSR count). The summed E-state index contributed by atoms with van der Waals surface area (Å²) in [5.41, 5.74) is 3.96. The molecule has 1 aromatic heterocycles. The Hall–Kier alpha value is -3.13. The van der Waals surface area contributed by atoms with Crippen LogP contribution in [0.4, 0.5) is 5.69 Å². The Kier molecular flexibility index (Phi) is 5.89. The van der Waals surface area contributed by atoms with E-state index in [0.29, 0.717) is 17.3 Å². The maximum atomic E-state index is 14.0. The second-order valence-corrected chi connectivity index (χ2v) is 14.4. The van der Waals surface area contributed by atoms with Gasteiger partial charge in [-0.25, -0.2) is 0 Å². The van der Waals surface area contributed by atoms with E-state index in [1.54, 1.807) is 11.8 Å². The monoisotopic (exact) mass is 598 g/mol. The molecule has 2 amide bonds. The highest BCUT2D eigenvalue weighted by molar-refractivity contribution is 8.00. The lowest BCUT2D eigenvalue weighted by Gasteiger charge is -2.43. The third-order valence-electron chi connectivity index (χ3n) is 9.65. The first-order valence-electron chi connectivity index (χ1n) is 14.0. The number of carbonyl (C=O) groups excluding carboxylic acids is 2. The fraction of sp³-hybridized carbons (Fsp3) is 0.303. The number of fused-ring (bicyclic) bond motifs is 9. The minimum absolute atomic E-state index is 0.0180. The molecule has 3 heterocycles. The van der Waals surface area contributed by atoms with Crippen LogP contribution in [0.1, 0.15) is 33.9 Å². The number of thioether (sulfide) groups is 1. The molecule has 2 aliphatic heterocycles. The molecule has 2 bridgehead atoms. The molecule has 3 fully saturated rings. The molecule has 2 saturated carbocycles. The van der Waals surface area contributed by atoms with E-state index in [0.717, 1.165) is 33.0 Å². The van der Waals surface area contributed by atoms with Gasteiger partial charge in [0, 0.05) is 21.1 Å². The van der Waals surface area contributed by atoms with Gasteiger partial charge in [0.2, 0.25) is 11.8 Å². The fourth-order valence-corrected chi connectivity index (χ4v) is 11.3. The van der Waals surface area contributed by atoms with Gasteiger partial charge in [0.15, 0.2) is 0 Å². The third kappa shape index (κ3) is 3.78. The highest BCUT2D eigenvalue weighted by atomic mass is 35.5. The zero-order valence-electron chi connectivity index (χ0n) is 22.3. The summed E-state index contributed by atoms with van der Waals surface area (Å²) < 4.78 is 1.92. The lowest BCUT2D eigenvalue weighted by molar-refractivity contribution is -0.123. The van der Waals surface area contributed by atoms with Crippen molar-refractivity contribution in [1.29, 1.82) is 0 Å². The second-order valence-electron chi connectivity index (χ2n) is 11.8. The molecule has 5 nitrogen and oxygen atoms in total. The van der Waals surface area contributed by atoms with Crippen molar-refractivity contribution in [3.63, 3.8) is 0 Å². The summed E-state index contributed by atoms with van der Waals surface area (Å²) in [5, 5.41) is 1.84. The molecular formula is C33H27ClN2O3S2. The molecule has 2 aliphatic carbocycles. The zero-order chi connectivity index (χ0) is 28.0. The fourth-order valence-electron chi connectivity index (χ4n) is 8.01. The molecule has 0 unspecified atom stereocenters. The predicted octanol–water partition coefficient (Wildman–Crippen LogP) is 6.60. The van der Waals surface area contributed by atoms with Crippen LogP contribution in [0.15, 0.2) is 88.7 Å². The Morgan fingerprint density at radius 1 is 0.854 bits per heavy atom. The van der Waals surface area contributed by atoms with Crippen molar-refractivity contribution in [1.82, 2.24) is 4.57 Å². The Morgan fingerprint density at radius 2 is 1.54 bits per heavy atom. The van der Waals surface area contributed by atoms with Crippen molar-refractivity contribution in [2.45, 2.75) is 36.1 Å². The number of thiazole rings is 1. The van der Waals surface area contributed by atoms with E-state index in [1.165, 1.54) is 16.2 Å². The standard InChI is InChI=1S/C33H27ClN2O3S2/c1-17-7-13-21(14-8-17)36-30(37)26-22-15-23(27(26)31(36)38)28-25(22)24(19-9-11-20(34)12-10-19)29-32(40-28)35(33(39)41-29)16-18-5-3-2-4-6-18/h2-14,22-28H,15-16H2,1H3/t22-,23-,24-,25-,26+,27-,28+/m0/s1. The summed E-state index contributed by atoms with van der Waals surface area (Å²) in [6, 6.07) is 25.7. The number of halogens is 1. The van der Waals surface area contributed by atoms with Crippen LogP contribution in [0, 0.1) is 36.5 Å². The van der Waals surface area contributed by atoms with Crippen molar-refractivity contribution >= 4 is 52.2 Å². The summed E-state index contributed by atoms with van der Waals surface area (Å²) in [4.78, 5) is 44.0. The molecule has 206 valence electrons. The number of aromatic nitrogens is 1. The van der Waals surface area contributed by atoms with E-state index < -0.39 is 0 Å². The number of aryl methyl sites for hydroxylation is 1. The lowest BCUT2D eigenvalue weighted by atomic mass is 9.68. The van der Waals surface area contributed by atoms with Crippen LogP contribution < -0.4 is 9.77 Å². The van der Waals surface area contributed by atoms with Crippen LogP contribution in [0.5, 0.6) is 0 Å². The van der Waals surface area contributed by atoms with Gasteiger partial charge >= 0.3 is 4.87 Å². The predicted molar refractivity (Wildman–Crippen MR) is 163 cm³/mol. The largest absolute Gasteiger partial charge is 0.308 e. The van der Waals surface area contributed by atoms with Gasteiger partial charge in [0.25, 0.3) is 0 Å². The summed E-state index contributed by atoms with van der Waals surface area (Å²) in [6.45, 7) is 2.52. The van der Waals surface area contributed by atoms with Crippen LogP contribution in [0.3, 0.4) is 0 Å². The zero-order valence-corrected chi connectivity index (χ0v) is 24.7. The number of anilines is 1. The number of benzene rings is 3. The first kappa shape index (κ1) is 25.6. The number of carbonyl (C=O) groups is 2. The van der Waals surface area contributed by atoms with E-state index in [-0.39, 0.29) is 57.4 Å². The van der Waals surface area contributed by atoms with Crippen molar-refractivity contribution in [2.24, 2.45) is 29.6 Å². The van der Waals surface area contributed by atoms with Crippen LogP contribution >= 0.6 is 34.7 Å². The average molecular weight is 599 g/mol. The van der Waals surface area contributed by atoms with E-state index in [4.69, 9.17) is 11.6 Å². The van der Waals surface area contributed by atoms with E-state index in [9.17, 15) is 14.4 Å².